The third-order valence-electron chi connectivity index (χ3n) is 12.2. The summed E-state index contributed by atoms with van der Waals surface area (Å²) in [6.07, 6.45) is 1.73. The number of aryl methyl sites for hydroxylation is 3. The molecule has 0 bridgehead atoms. The zero-order valence-corrected chi connectivity index (χ0v) is 43.9. The monoisotopic (exact) mass is 1110 g/mol. The van der Waals surface area contributed by atoms with E-state index < -0.39 is 33.5 Å². The quantitative estimate of drug-likeness (QED) is 0.118. The third kappa shape index (κ3) is 9.57. The Morgan fingerprint density at radius 2 is 1.49 bits per heavy atom. The van der Waals surface area contributed by atoms with Crippen molar-refractivity contribution in [1.29, 1.82) is 0 Å². The molecule has 10 aromatic rings. The van der Waals surface area contributed by atoms with Crippen LogP contribution in [0.15, 0.2) is 140 Å². The molecule has 0 fully saturated rings. The van der Waals surface area contributed by atoms with Gasteiger partial charge in [0.05, 0.1) is 30.6 Å². The molecule has 0 aliphatic rings. The average molecular weight is 1110 g/mol. The number of aromatic nitrogens is 4. The van der Waals surface area contributed by atoms with Crippen LogP contribution in [0.3, 0.4) is 0 Å². The SMILES string of the molecule is [2H]C([2H])([2H])c1c[c-]c(-c2cc(C([2H])(C)C)c([Si](C)(C)C)cn2)c(F)c1.[2H]C([2H])([2H])c1ccc(-c2ccc3c(n2)sc2c(-c4nc5ccccc5n4-c4ccc(C(C)(C)C)cc4-c4ccccc4)[c-]cc(C)c23)cc1.[Ir]. The van der Waals surface area contributed by atoms with Gasteiger partial charge in [-0.15, -0.1) is 41.5 Å². The first kappa shape index (κ1) is 40.0. The van der Waals surface area contributed by atoms with Crippen LogP contribution in [-0.2, 0) is 25.5 Å². The van der Waals surface area contributed by atoms with E-state index in [-0.39, 0.29) is 36.6 Å². The molecule has 4 aromatic heterocycles. The van der Waals surface area contributed by atoms with Crippen LogP contribution >= 0.6 is 11.3 Å². The normalized spacial score (nSPS) is 13.9. The van der Waals surface area contributed by atoms with E-state index in [0.717, 1.165) is 93.2 Å². The van der Waals surface area contributed by atoms with Gasteiger partial charge in [-0.25, -0.2) is 4.98 Å². The van der Waals surface area contributed by atoms with Gasteiger partial charge in [-0.1, -0.05) is 181 Å². The van der Waals surface area contributed by atoms with Gasteiger partial charge in [0.2, 0.25) is 0 Å². The Hall–Kier alpha value is -5.89. The number of hydrogen-bond donors (Lipinski definition) is 0. The van der Waals surface area contributed by atoms with E-state index in [1.807, 2.05) is 24.3 Å². The molecule has 4 heterocycles. The molecule has 68 heavy (non-hydrogen) atoms. The summed E-state index contributed by atoms with van der Waals surface area (Å²) in [7, 11) is -1.72. The second-order valence-electron chi connectivity index (χ2n) is 19.4. The smallest absolute Gasteiger partial charge is 0.114 e. The molecule has 1 radical (unpaired) electrons. The summed E-state index contributed by atoms with van der Waals surface area (Å²) >= 11 is 1.65. The van der Waals surface area contributed by atoms with Crippen LogP contribution in [0.2, 0.25) is 19.6 Å². The summed E-state index contributed by atoms with van der Waals surface area (Å²) in [5, 5.41) is 3.30. The Morgan fingerprint density at radius 1 is 0.765 bits per heavy atom. The van der Waals surface area contributed by atoms with E-state index in [4.69, 9.17) is 19.6 Å². The second-order valence-corrected chi connectivity index (χ2v) is 25.4. The van der Waals surface area contributed by atoms with E-state index in [9.17, 15) is 4.39 Å². The van der Waals surface area contributed by atoms with Crippen LogP contribution in [0.4, 0.5) is 4.39 Å². The molecule has 0 N–H and O–H groups in total. The zero-order chi connectivity index (χ0) is 53.3. The molecule has 4 nitrogen and oxygen atoms in total. The molecule has 0 amide bonds. The predicted octanol–water partition coefficient (Wildman–Crippen LogP) is 16.2. The zero-order valence-electron chi connectivity index (χ0n) is 46.7. The first-order chi connectivity index (χ1) is 34.7. The van der Waals surface area contributed by atoms with Gasteiger partial charge in [-0.05, 0) is 75.2 Å². The molecule has 10 rings (SSSR count). The molecule has 0 aliphatic carbocycles. The first-order valence-electron chi connectivity index (χ1n) is 26.0. The number of thiophene rings is 1. The van der Waals surface area contributed by atoms with Crippen molar-refractivity contribution < 1.29 is 34.1 Å². The molecule has 0 unspecified atom stereocenters. The number of para-hydroxylation sites is 2. The largest absolute Gasteiger partial charge is 0.333 e. The number of nitrogens with zero attached hydrogens (tertiary/aromatic N) is 4. The van der Waals surface area contributed by atoms with Gasteiger partial charge < -0.3 is 9.55 Å². The molecule has 8 heteroatoms. The van der Waals surface area contributed by atoms with Crippen LogP contribution in [0.25, 0.3) is 82.1 Å². The Morgan fingerprint density at radius 3 is 2.18 bits per heavy atom. The number of fused-ring (bicyclic) bond motifs is 4. The van der Waals surface area contributed by atoms with E-state index >= 15 is 0 Å². The maximum Gasteiger partial charge on any atom is 0.114 e. The molecule has 0 aliphatic heterocycles. The number of rotatable bonds is 7. The van der Waals surface area contributed by atoms with Crippen LogP contribution < -0.4 is 5.19 Å². The van der Waals surface area contributed by atoms with Crippen molar-refractivity contribution in [2.24, 2.45) is 0 Å². The number of hydrogen-bond acceptors (Lipinski definition) is 4. The summed E-state index contributed by atoms with van der Waals surface area (Å²) in [6, 6.07) is 49.3. The Kier molecular flexibility index (Phi) is 11.3. The molecule has 0 spiro atoms. The summed E-state index contributed by atoms with van der Waals surface area (Å²) < 4.78 is 71.6. The number of imidazole rings is 1. The van der Waals surface area contributed by atoms with Crippen LogP contribution in [0, 0.1) is 38.6 Å². The Balaban J connectivity index is 0.000000244. The van der Waals surface area contributed by atoms with E-state index in [1.54, 1.807) is 49.6 Å². The van der Waals surface area contributed by atoms with E-state index in [1.165, 1.54) is 11.6 Å². The number of benzene rings is 6. The second kappa shape index (κ2) is 19.2. The maximum atomic E-state index is 14.5. The van der Waals surface area contributed by atoms with Gasteiger partial charge in [0.25, 0.3) is 0 Å². The molecular formula is C60H57FIrN4SSi-2. The summed E-state index contributed by atoms with van der Waals surface area (Å²) in [6.45, 7) is 14.5. The average Bonchev–Trinajstić information content (AvgIpc) is 3.92. The van der Waals surface area contributed by atoms with Crippen LogP contribution in [0.1, 0.15) is 77.9 Å². The number of halogens is 1. The summed E-state index contributed by atoms with van der Waals surface area (Å²) in [5.41, 5.74) is 11.9. The van der Waals surface area contributed by atoms with Crippen molar-refractivity contribution in [3.8, 4) is 50.7 Å². The Bertz CT molecular complexity index is 3740. The summed E-state index contributed by atoms with van der Waals surface area (Å²) in [5.74, 6) is -0.683. The summed E-state index contributed by atoms with van der Waals surface area (Å²) in [4.78, 5) is 15.7. The fourth-order valence-electron chi connectivity index (χ4n) is 8.59. The molecule has 345 valence electrons. The molecule has 0 saturated heterocycles. The molecule has 6 aromatic carbocycles. The fourth-order valence-corrected chi connectivity index (χ4v) is 11.4. The van der Waals surface area contributed by atoms with E-state index in [0.29, 0.717) is 11.3 Å². The van der Waals surface area contributed by atoms with Crippen molar-refractivity contribution in [2.45, 2.75) is 86.2 Å². The maximum absolute atomic E-state index is 14.5. The minimum absolute atomic E-state index is 0. The molecule has 0 saturated carbocycles. The first-order valence-corrected chi connectivity index (χ1v) is 26.8. The van der Waals surface area contributed by atoms with Gasteiger partial charge in [0.1, 0.15) is 4.83 Å². The molecule has 0 atom stereocenters. The van der Waals surface area contributed by atoms with Crippen molar-refractivity contribution in [2.75, 3.05) is 0 Å². The van der Waals surface area contributed by atoms with Gasteiger partial charge >= 0.3 is 0 Å². The minimum atomic E-state index is -2.38. The van der Waals surface area contributed by atoms with Crippen molar-refractivity contribution in [3.63, 3.8) is 0 Å². The van der Waals surface area contributed by atoms with E-state index in [2.05, 4.69) is 148 Å². The topological polar surface area (TPSA) is 43.6 Å². The van der Waals surface area contributed by atoms with Gasteiger partial charge in [-0.2, -0.15) is 11.3 Å². The fraction of sp³-hybridized carbons (Fsp3) is 0.217. The Labute approximate surface area is 429 Å². The van der Waals surface area contributed by atoms with Crippen molar-refractivity contribution >= 4 is 55.9 Å². The van der Waals surface area contributed by atoms with Gasteiger partial charge in [-0.3, -0.25) is 9.37 Å². The standard InChI is InChI=1S/C42H34N3S.C18H23FNSi.Ir/c1-26-15-18-29(19-16-26)34-23-22-31-38-27(2)17-21-32(39(38)46-41(31)44-34)40-43-35-13-9-10-14-37(35)45(40)36-24-20-30(42(3,4)5)25-33(36)28-11-7-6-8-12-28;1-12(2)15-10-17(20-11-18(15)21(4,5)6)14-8-7-13(3)9-16(14)19;/h6-20,22-25H,1-5H3;7,9-12H,1-6H3;/q2*-1;/i1D3;3D3,12D;. The third-order valence-corrected chi connectivity index (χ3v) is 15.3. The molecular weight excluding hydrogens is 1050 g/mol. The predicted molar refractivity (Wildman–Crippen MR) is 285 cm³/mol. The van der Waals surface area contributed by atoms with Gasteiger partial charge in [0, 0.05) is 63.9 Å². The minimum Gasteiger partial charge on any atom is -0.333 e. The van der Waals surface area contributed by atoms with Crippen molar-refractivity contribution in [3.05, 3.63) is 185 Å². The van der Waals surface area contributed by atoms with Crippen LogP contribution in [0.5, 0.6) is 0 Å². The number of pyridine rings is 2. The van der Waals surface area contributed by atoms with Crippen LogP contribution in [-0.4, -0.2) is 27.6 Å². The van der Waals surface area contributed by atoms with Gasteiger partial charge in [0.15, 0.2) is 0 Å². The van der Waals surface area contributed by atoms with Crippen molar-refractivity contribution in [1.82, 2.24) is 19.5 Å².